The fourth-order valence-electron chi connectivity index (χ4n) is 2.83. The lowest BCUT2D eigenvalue weighted by Gasteiger charge is -2.08. The zero-order valence-electron chi connectivity index (χ0n) is 16.8. The van der Waals surface area contributed by atoms with Crippen LogP contribution in [0.4, 0.5) is 5.95 Å². The second-order valence-electron chi connectivity index (χ2n) is 6.92. The Kier molecular flexibility index (Phi) is 6.64. The molecule has 0 aliphatic carbocycles. The molecule has 0 radical (unpaired) electrons. The number of carbonyl (C=O) groups excluding carboxylic acids is 1. The highest BCUT2D eigenvalue weighted by Gasteiger charge is 2.13. The third-order valence-electron chi connectivity index (χ3n) is 4.40. The molecule has 8 nitrogen and oxygen atoms in total. The van der Waals surface area contributed by atoms with Crippen molar-refractivity contribution in [3.8, 4) is 5.75 Å². The van der Waals surface area contributed by atoms with Gasteiger partial charge in [0.25, 0.3) is 5.91 Å². The van der Waals surface area contributed by atoms with Crippen LogP contribution in [0.1, 0.15) is 21.6 Å². The van der Waals surface area contributed by atoms with Crippen molar-refractivity contribution in [1.29, 1.82) is 0 Å². The molecule has 0 unspecified atom stereocenters. The van der Waals surface area contributed by atoms with Gasteiger partial charge in [0.1, 0.15) is 12.1 Å². The van der Waals surface area contributed by atoms with E-state index in [4.69, 9.17) is 39.5 Å². The number of benzene rings is 2. The lowest BCUT2D eigenvalue weighted by Crippen LogP contribution is -2.15. The van der Waals surface area contributed by atoms with Crippen LogP contribution in [0.15, 0.2) is 55.0 Å². The van der Waals surface area contributed by atoms with Gasteiger partial charge >= 0.3 is 0 Å². The Labute approximate surface area is 198 Å². The van der Waals surface area contributed by atoms with E-state index in [-0.39, 0.29) is 18.4 Å². The lowest BCUT2D eigenvalue weighted by molar-refractivity contribution is 0.101. The SMILES string of the molecule is Cc1ccc(Cl)c(OCn2ccc(C(=O)Nc3ncn(Cc4ccc(Cl)c(Cl)c4)n3)n2)c1. The van der Waals surface area contributed by atoms with Crippen LogP contribution in [0.3, 0.4) is 0 Å². The number of halogens is 3. The number of carbonyl (C=O) groups is 1. The van der Waals surface area contributed by atoms with Crippen LogP contribution in [0.2, 0.25) is 15.1 Å². The van der Waals surface area contributed by atoms with Crippen LogP contribution in [0, 0.1) is 6.92 Å². The van der Waals surface area contributed by atoms with Gasteiger partial charge in [0.15, 0.2) is 12.4 Å². The van der Waals surface area contributed by atoms with Crippen LogP contribution in [0.5, 0.6) is 5.75 Å². The first-order valence-electron chi connectivity index (χ1n) is 9.44. The molecule has 0 fully saturated rings. The van der Waals surface area contributed by atoms with Crippen LogP contribution in [-0.4, -0.2) is 30.5 Å². The third kappa shape index (κ3) is 5.40. The van der Waals surface area contributed by atoms with E-state index >= 15 is 0 Å². The summed E-state index contributed by atoms with van der Waals surface area (Å²) in [5.41, 5.74) is 2.12. The Balaban J connectivity index is 1.35. The summed E-state index contributed by atoms with van der Waals surface area (Å²) < 4.78 is 8.75. The summed E-state index contributed by atoms with van der Waals surface area (Å²) in [7, 11) is 0. The quantitative estimate of drug-likeness (QED) is 0.389. The maximum absolute atomic E-state index is 12.5. The molecule has 0 bridgehead atoms. The highest BCUT2D eigenvalue weighted by atomic mass is 35.5. The summed E-state index contributed by atoms with van der Waals surface area (Å²) in [6.45, 7) is 2.47. The molecule has 2 aromatic carbocycles. The molecule has 0 saturated heterocycles. The van der Waals surface area contributed by atoms with Gasteiger partial charge in [-0.25, -0.2) is 14.3 Å². The van der Waals surface area contributed by atoms with Gasteiger partial charge < -0.3 is 4.74 Å². The van der Waals surface area contributed by atoms with E-state index in [0.29, 0.717) is 27.4 Å². The summed E-state index contributed by atoms with van der Waals surface area (Å²) in [5.74, 6) is 0.266. The Morgan fingerprint density at radius 1 is 1.00 bits per heavy atom. The average molecular weight is 492 g/mol. The van der Waals surface area contributed by atoms with Crippen molar-refractivity contribution in [2.24, 2.45) is 0 Å². The van der Waals surface area contributed by atoms with Crippen molar-refractivity contribution in [2.45, 2.75) is 20.2 Å². The number of amides is 1. The first-order chi connectivity index (χ1) is 15.4. The monoisotopic (exact) mass is 490 g/mol. The van der Waals surface area contributed by atoms with Crippen molar-refractivity contribution < 1.29 is 9.53 Å². The number of ether oxygens (including phenoxy) is 1. The molecule has 0 atom stereocenters. The molecule has 0 aliphatic heterocycles. The maximum Gasteiger partial charge on any atom is 0.278 e. The third-order valence-corrected chi connectivity index (χ3v) is 5.45. The predicted molar refractivity (Wildman–Crippen MR) is 123 cm³/mol. The summed E-state index contributed by atoms with van der Waals surface area (Å²) >= 11 is 18.1. The molecule has 11 heteroatoms. The second kappa shape index (κ2) is 9.60. The van der Waals surface area contributed by atoms with Crippen LogP contribution in [0.25, 0.3) is 0 Å². The largest absolute Gasteiger partial charge is 0.470 e. The molecule has 1 amide bonds. The number of hydrogen-bond donors (Lipinski definition) is 1. The standard InChI is InChI=1S/C21H17Cl3N6O2/c1-13-2-4-16(23)19(8-13)32-12-29-7-6-18(27-29)20(31)26-21-25-11-30(28-21)10-14-3-5-15(22)17(24)9-14/h2-9,11H,10,12H2,1H3,(H,26,28,31). The van der Waals surface area contributed by atoms with E-state index in [2.05, 4.69) is 20.5 Å². The molecule has 0 spiro atoms. The van der Waals surface area contributed by atoms with Crippen LogP contribution >= 0.6 is 34.8 Å². The summed E-state index contributed by atoms with van der Waals surface area (Å²) in [4.78, 5) is 16.6. The average Bonchev–Trinajstić information content (AvgIpc) is 3.41. The molecule has 1 N–H and O–H groups in total. The van der Waals surface area contributed by atoms with E-state index in [1.807, 2.05) is 25.1 Å². The molecule has 4 aromatic rings. The van der Waals surface area contributed by atoms with Gasteiger partial charge in [0, 0.05) is 6.20 Å². The predicted octanol–water partition coefficient (Wildman–Crippen LogP) is 5.08. The molecule has 0 aliphatic rings. The lowest BCUT2D eigenvalue weighted by atomic mass is 10.2. The van der Waals surface area contributed by atoms with E-state index in [1.54, 1.807) is 35.1 Å². The van der Waals surface area contributed by atoms with Crippen molar-refractivity contribution in [3.63, 3.8) is 0 Å². The first-order valence-corrected chi connectivity index (χ1v) is 10.6. The highest BCUT2D eigenvalue weighted by Crippen LogP contribution is 2.25. The van der Waals surface area contributed by atoms with Gasteiger partial charge in [-0.05, 0) is 48.4 Å². The fourth-order valence-corrected chi connectivity index (χ4v) is 3.32. The minimum absolute atomic E-state index is 0.104. The minimum Gasteiger partial charge on any atom is -0.470 e. The van der Waals surface area contributed by atoms with E-state index < -0.39 is 5.91 Å². The normalized spacial score (nSPS) is 10.9. The van der Waals surface area contributed by atoms with Gasteiger partial charge in [-0.3, -0.25) is 10.1 Å². The Morgan fingerprint density at radius 3 is 2.62 bits per heavy atom. The molecular weight excluding hydrogens is 475 g/mol. The minimum atomic E-state index is -0.440. The number of anilines is 1. The van der Waals surface area contributed by atoms with Crippen LogP contribution < -0.4 is 10.1 Å². The summed E-state index contributed by atoms with van der Waals surface area (Å²) in [6, 6.07) is 12.4. The smallest absolute Gasteiger partial charge is 0.278 e. The number of hydrogen-bond acceptors (Lipinski definition) is 5. The van der Waals surface area contributed by atoms with E-state index in [1.165, 1.54) is 11.0 Å². The van der Waals surface area contributed by atoms with Crippen molar-refractivity contribution in [1.82, 2.24) is 24.5 Å². The summed E-state index contributed by atoms with van der Waals surface area (Å²) in [5, 5.41) is 12.5. The Morgan fingerprint density at radius 2 is 1.81 bits per heavy atom. The topological polar surface area (TPSA) is 86.9 Å². The number of aromatic nitrogens is 5. The Bertz CT molecular complexity index is 1270. The highest BCUT2D eigenvalue weighted by molar-refractivity contribution is 6.42. The molecule has 4 rings (SSSR count). The van der Waals surface area contributed by atoms with Crippen molar-refractivity contribution >= 4 is 46.7 Å². The van der Waals surface area contributed by atoms with Gasteiger partial charge in [0.05, 0.1) is 21.6 Å². The number of rotatable bonds is 7. The fraction of sp³-hybridized carbons (Fsp3) is 0.143. The van der Waals surface area contributed by atoms with Gasteiger partial charge in [0.2, 0.25) is 5.95 Å². The van der Waals surface area contributed by atoms with Crippen LogP contribution in [-0.2, 0) is 13.3 Å². The summed E-state index contributed by atoms with van der Waals surface area (Å²) in [6.07, 6.45) is 3.14. The zero-order valence-corrected chi connectivity index (χ0v) is 19.1. The number of nitrogens with one attached hydrogen (secondary N) is 1. The molecule has 2 aromatic heterocycles. The maximum atomic E-state index is 12.5. The van der Waals surface area contributed by atoms with Crippen molar-refractivity contribution in [3.05, 3.63) is 86.9 Å². The van der Waals surface area contributed by atoms with E-state index in [0.717, 1.165) is 11.1 Å². The first kappa shape index (κ1) is 22.1. The Hall–Kier alpha value is -3.07. The molecule has 2 heterocycles. The number of nitrogens with zero attached hydrogens (tertiary/aromatic N) is 5. The number of aryl methyl sites for hydroxylation is 1. The zero-order chi connectivity index (χ0) is 22.7. The van der Waals surface area contributed by atoms with Crippen molar-refractivity contribution in [2.75, 3.05) is 5.32 Å². The van der Waals surface area contributed by atoms with E-state index in [9.17, 15) is 4.79 Å². The molecule has 32 heavy (non-hydrogen) atoms. The van der Waals surface area contributed by atoms with Gasteiger partial charge in [-0.15, -0.1) is 5.10 Å². The molecular formula is C21H17Cl3N6O2. The second-order valence-corrected chi connectivity index (χ2v) is 8.14. The molecule has 0 saturated carbocycles. The van der Waals surface area contributed by atoms with Gasteiger partial charge in [-0.1, -0.05) is 46.9 Å². The van der Waals surface area contributed by atoms with Gasteiger partial charge in [-0.2, -0.15) is 5.10 Å². The molecule has 164 valence electrons.